The molecule has 0 atom stereocenters. The number of unbranched alkanes of at least 4 members (excludes halogenated alkanes) is 9. The predicted octanol–water partition coefficient (Wildman–Crippen LogP) is 7.08. The Morgan fingerprint density at radius 3 is 1.72 bits per heavy atom. The fourth-order valence-corrected chi connectivity index (χ4v) is 4.86. The number of hydrogen-bond donors (Lipinski definition) is 3. The van der Waals surface area contributed by atoms with Gasteiger partial charge >= 0.3 is 17.9 Å². The summed E-state index contributed by atoms with van der Waals surface area (Å²) in [4.78, 5) is 37.1. The number of aliphatic hydroxyl groups excluding tert-OH is 2. The fraction of sp³-hybridized carbons (Fsp3) is 0.432. The van der Waals surface area contributed by atoms with Crippen molar-refractivity contribution in [1.29, 1.82) is 0 Å². The molecule has 0 radical (unpaired) electrons. The summed E-state index contributed by atoms with van der Waals surface area (Å²) in [5.74, 6) is -2.20. The standard InChI is InChI=1S/C37H46O9/c1-37(26-38,27-39)36(43)45-25-17-9-7-5-3-2-4-6-8-16-24-44-32-31(34(40)41)23-22-30(28-18-12-10-13-19-28)33(32)46-35(42)29-20-14-11-15-21-29/h10-15,18-23,38-39H,2-9,16-17,24-27H2,1H3,(H,40,41). The van der Waals surface area contributed by atoms with Crippen LogP contribution in [-0.2, 0) is 9.53 Å². The SMILES string of the molecule is CC(CO)(CO)C(=O)OCCCCCCCCCCCCOc1c(C(=O)O)ccc(-c2ccccc2)c1OC(=O)c1ccccc1. The van der Waals surface area contributed by atoms with Crippen molar-refractivity contribution in [3.8, 4) is 22.6 Å². The number of carboxylic acids is 1. The molecule has 0 spiro atoms. The quantitative estimate of drug-likeness (QED) is 0.0637. The number of benzene rings is 3. The summed E-state index contributed by atoms with van der Waals surface area (Å²) >= 11 is 0. The van der Waals surface area contributed by atoms with Gasteiger partial charge in [-0.2, -0.15) is 0 Å². The molecule has 0 heterocycles. The molecule has 3 aromatic rings. The van der Waals surface area contributed by atoms with Gasteiger partial charge < -0.3 is 29.5 Å². The molecule has 0 aliphatic rings. The van der Waals surface area contributed by atoms with E-state index in [1.807, 2.05) is 30.3 Å². The highest BCUT2D eigenvalue weighted by atomic mass is 16.6. The fourth-order valence-electron chi connectivity index (χ4n) is 4.86. The second-order valence-electron chi connectivity index (χ2n) is 11.6. The minimum Gasteiger partial charge on any atom is -0.489 e. The first kappa shape index (κ1) is 36.3. The van der Waals surface area contributed by atoms with Crippen molar-refractivity contribution in [2.45, 2.75) is 71.1 Å². The lowest BCUT2D eigenvalue weighted by molar-refractivity contribution is -0.160. The molecule has 9 heteroatoms. The Labute approximate surface area is 271 Å². The molecule has 0 bridgehead atoms. The van der Waals surface area contributed by atoms with E-state index in [4.69, 9.17) is 14.2 Å². The maximum atomic E-state index is 13.0. The largest absolute Gasteiger partial charge is 0.489 e. The third-order valence-corrected chi connectivity index (χ3v) is 7.84. The van der Waals surface area contributed by atoms with Crippen LogP contribution in [0.4, 0.5) is 0 Å². The Balaban J connectivity index is 1.44. The van der Waals surface area contributed by atoms with Gasteiger partial charge in [0.2, 0.25) is 0 Å². The van der Waals surface area contributed by atoms with Crippen LogP contribution in [0.15, 0.2) is 72.8 Å². The molecule has 0 saturated heterocycles. The first-order chi connectivity index (χ1) is 22.3. The van der Waals surface area contributed by atoms with E-state index in [2.05, 4.69) is 0 Å². The molecule has 0 amide bonds. The molecule has 0 aliphatic heterocycles. The normalized spacial score (nSPS) is 11.2. The summed E-state index contributed by atoms with van der Waals surface area (Å²) in [5.41, 5.74) is 0.368. The molecule has 3 aromatic carbocycles. The van der Waals surface area contributed by atoms with Crippen LogP contribution in [0.3, 0.4) is 0 Å². The minimum atomic E-state index is -1.25. The molecule has 3 N–H and O–H groups in total. The van der Waals surface area contributed by atoms with Crippen LogP contribution in [-0.4, -0.2) is 59.7 Å². The Kier molecular flexibility index (Phi) is 15.2. The van der Waals surface area contributed by atoms with Gasteiger partial charge in [0.15, 0.2) is 11.5 Å². The lowest BCUT2D eigenvalue weighted by Gasteiger charge is -2.22. The van der Waals surface area contributed by atoms with Gasteiger partial charge in [-0.1, -0.05) is 99.9 Å². The van der Waals surface area contributed by atoms with Crippen LogP contribution in [0.5, 0.6) is 11.5 Å². The highest BCUT2D eigenvalue weighted by Crippen LogP contribution is 2.41. The first-order valence-corrected chi connectivity index (χ1v) is 16.1. The van der Waals surface area contributed by atoms with E-state index < -0.39 is 36.5 Å². The van der Waals surface area contributed by atoms with Gasteiger partial charge in [-0.3, -0.25) is 4.79 Å². The van der Waals surface area contributed by atoms with Crippen LogP contribution in [0.2, 0.25) is 0 Å². The van der Waals surface area contributed by atoms with E-state index in [0.717, 1.165) is 69.8 Å². The molecule has 46 heavy (non-hydrogen) atoms. The average molecular weight is 635 g/mol. The van der Waals surface area contributed by atoms with E-state index in [0.29, 0.717) is 11.1 Å². The Bertz CT molecular complexity index is 1370. The van der Waals surface area contributed by atoms with E-state index in [1.54, 1.807) is 36.4 Å². The summed E-state index contributed by atoms with van der Waals surface area (Å²) in [7, 11) is 0. The summed E-state index contributed by atoms with van der Waals surface area (Å²) in [5, 5.41) is 28.4. The zero-order chi connectivity index (χ0) is 33.2. The Morgan fingerprint density at radius 1 is 0.652 bits per heavy atom. The number of carboxylic acid groups (broad SMARTS) is 1. The molecule has 248 valence electrons. The smallest absolute Gasteiger partial charge is 0.343 e. The third-order valence-electron chi connectivity index (χ3n) is 7.84. The zero-order valence-corrected chi connectivity index (χ0v) is 26.6. The number of hydrogen-bond acceptors (Lipinski definition) is 8. The van der Waals surface area contributed by atoms with Crippen molar-refractivity contribution in [3.05, 3.63) is 83.9 Å². The summed E-state index contributed by atoms with van der Waals surface area (Å²) in [6, 6.07) is 21.0. The van der Waals surface area contributed by atoms with Gasteiger partial charge in [0.1, 0.15) is 11.0 Å². The molecule has 0 saturated carbocycles. The third kappa shape index (κ3) is 11.0. The van der Waals surface area contributed by atoms with Gasteiger partial charge in [0.05, 0.1) is 32.0 Å². The molecule has 3 rings (SSSR count). The van der Waals surface area contributed by atoms with Crippen LogP contribution < -0.4 is 9.47 Å². The van der Waals surface area contributed by atoms with Gasteiger partial charge in [-0.15, -0.1) is 0 Å². The molecule has 0 aromatic heterocycles. The zero-order valence-electron chi connectivity index (χ0n) is 26.6. The number of esters is 2. The van der Waals surface area contributed by atoms with E-state index in [9.17, 15) is 29.7 Å². The van der Waals surface area contributed by atoms with Crippen molar-refractivity contribution in [1.82, 2.24) is 0 Å². The first-order valence-electron chi connectivity index (χ1n) is 16.1. The number of rotatable bonds is 21. The monoisotopic (exact) mass is 634 g/mol. The number of carbonyl (C=O) groups is 3. The van der Waals surface area contributed by atoms with Crippen molar-refractivity contribution < 1.29 is 43.9 Å². The summed E-state index contributed by atoms with van der Waals surface area (Å²) in [6.07, 6.45) is 9.85. The van der Waals surface area contributed by atoms with E-state index in [1.165, 1.54) is 13.0 Å². The molecule has 0 aliphatic carbocycles. The lowest BCUT2D eigenvalue weighted by Crippen LogP contribution is -2.37. The van der Waals surface area contributed by atoms with Crippen molar-refractivity contribution >= 4 is 17.9 Å². The van der Waals surface area contributed by atoms with Crippen LogP contribution >= 0.6 is 0 Å². The molecular weight excluding hydrogens is 588 g/mol. The summed E-state index contributed by atoms with van der Waals surface area (Å²) < 4.78 is 17.1. The molecular formula is C37H46O9. The van der Waals surface area contributed by atoms with Crippen LogP contribution in [0.1, 0.15) is 91.8 Å². The maximum absolute atomic E-state index is 13.0. The highest BCUT2D eigenvalue weighted by Gasteiger charge is 2.33. The maximum Gasteiger partial charge on any atom is 0.343 e. The lowest BCUT2D eigenvalue weighted by atomic mass is 9.93. The number of aliphatic hydroxyl groups is 2. The van der Waals surface area contributed by atoms with Crippen molar-refractivity contribution in [2.75, 3.05) is 26.4 Å². The van der Waals surface area contributed by atoms with Gasteiger partial charge in [0, 0.05) is 5.56 Å². The number of aromatic carboxylic acids is 1. The van der Waals surface area contributed by atoms with Gasteiger partial charge in [-0.25, -0.2) is 9.59 Å². The topological polar surface area (TPSA) is 140 Å². The van der Waals surface area contributed by atoms with Crippen molar-refractivity contribution in [3.63, 3.8) is 0 Å². The van der Waals surface area contributed by atoms with Gasteiger partial charge in [-0.05, 0) is 49.6 Å². The second kappa shape index (κ2) is 19.3. The predicted molar refractivity (Wildman–Crippen MR) is 175 cm³/mol. The van der Waals surface area contributed by atoms with E-state index >= 15 is 0 Å². The highest BCUT2D eigenvalue weighted by molar-refractivity contribution is 5.97. The number of carbonyl (C=O) groups excluding carboxylic acids is 2. The minimum absolute atomic E-state index is 0.0451. The molecule has 0 unspecified atom stereocenters. The van der Waals surface area contributed by atoms with Crippen molar-refractivity contribution in [2.24, 2.45) is 5.41 Å². The Morgan fingerprint density at radius 2 is 1.17 bits per heavy atom. The molecule has 0 fully saturated rings. The summed E-state index contributed by atoms with van der Waals surface area (Å²) in [6.45, 7) is 1.16. The van der Waals surface area contributed by atoms with Gasteiger partial charge in [0.25, 0.3) is 0 Å². The Hall–Kier alpha value is -4.21. The van der Waals surface area contributed by atoms with E-state index in [-0.39, 0.29) is 30.3 Å². The number of ether oxygens (including phenoxy) is 3. The second-order valence-corrected chi connectivity index (χ2v) is 11.6. The average Bonchev–Trinajstić information content (AvgIpc) is 3.08. The van der Waals surface area contributed by atoms with Crippen LogP contribution in [0, 0.1) is 5.41 Å². The molecule has 9 nitrogen and oxygen atoms in total. The van der Waals surface area contributed by atoms with Crippen LogP contribution in [0.25, 0.3) is 11.1 Å².